The number of rotatable bonds is 7. The minimum Gasteiger partial charge on any atom is -0.404 e. The van der Waals surface area contributed by atoms with Crippen molar-refractivity contribution in [1.82, 2.24) is 10.6 Å². The van der Waals surface area contributed by atoms with E-state index in [-0.39, 0.29) is 16.2 Å². The van der Waals surface area contributed by atoms with Crippen LogP contribution in [0, 0.1) is 0 Å². The zero-order chi connectivity index (χ0) is 24.2. The van der Waals surface area contributed by atoms with Crippen molar-refractivity contribution in [2.75, 3.05) is 25.4 Å². The van der Waals surface area contributed by atoms with Crippen molar-refractivity contribution in [2.24, 2.45) is 0 Å². The molecule has 0 aliphatic carbocycles. The van der Waals surface area contributed by atoms with Crippen molar-refractivity contribution in [1.29, 1.82) is 0 Å². The second-order valence-electron chi connectivity index (χ2n) is 10.4. The van der Waals surface area contributed by atoms with Gasteiger partial charge in [0.2, 0.25) is 0 Å². The fourth-order valence-corrected chi connectivity index (χ4v) is 10.5. The molecular formula is C27H38N3O2SSi+. The maximum absolute atomic E-state index is 11.4. The SMILES string of the molecule is CC(=O)SC[C@H]1CC[N+]2=C(N[C@@H](CO[Si](c3ccccc3)(c3ccccc3)C(C)(C)C)CC2)N1. The van der Waals surface area contributed by atoms with Crippen molar-refractivity contribution in [3.05, 3.63) is 60.7 Å². The second kappa shape index (κ2) is 10.7. The summed E-state index contributed by atoms with van der Waals surface area (Å²) in [6, 6.07) is 22.2. The molecule has 0 saturated heterocycles. The lowest BCUT2D eigenvalue weighted by atomic mass is 10.1. The van der Waals surface area contributed by atoms with E-state index in [9.17, 15) is 4.79 Å². The Morgan fingerprint density at radius 2 is 1.50 bits per heavy atom. The molecule has 0 amide bonds. The molecule has 34 heavy (non-hydrogen) atoms. The lowest BCUT2D eigenvalue weighted by molar-refractivity contribution is -0.542. The number of nitrogens with zero attached hydrogens (tertiary/aromatic N) is 1. The van der Waals surface area contributed by atoms with E-state index in [1.807, 2.05) is 0 Å². The largest absolute Gasteiger partial charge is 0.404 e. The van der Waals surface area contributed by atoms with Crippen molar-refractivity contribution < 1.29 is 13.8 Å². The van der Waals surface area contributed by atoms with E-state index in [2.05, 4.69) is 96.6 Å². The zero-order valence-electron chi connectivity index (χ0n) is 20.8. The van der Waals surface area contributed by atoms with Crippen LogP contribution >= 0.6 is 11.8 Å². The van der Waals surface area contributed by atoms with E-state index in [4.69, 9.17) is 4.43 Å². The van der Waals surface area contributed by atoms with Crippen LogP contribution in [0.5, 0.6) is 0 Å². The average Bonchev–Trinajstić information content (AvgIpc) is 2.83. The molecule has 0 aromatic heterocycles. The molecule has 4 rings (SSSR count). The highest BCUT2D eigenvalue weighted by Crippen LogP contribution is 2.36. The van der Waals surface area contributed by atoms with Crippen LogP contribution in [0.15, 0.2) is 60.7 Å². The first kappa shape index (κ1) is 25.0. The predicted octanol–water partition coefficient (Wildman–Crippen LogP) is 2.94. The summed E-state index contributed by atoms with van der Waals surface area (Å²) in [7, 11) is -2.54. The quantitative estimate of drug-likeness (QED) is 0.456. The monoisotopic (exact) mass is 496 g/mol. The van der Waals surface area contributed by atoms with Crippen molar-refractivity contribution >= 4 is 41.5 Å². The molecule has 2 aromatic carbocycles. The van der Waals surface area contributed by atoms with Gasteiger partial charge in [0, 0.05) is 25.5 Å². The second-order valence-corrected chi connectivity index (χ2v) is 15.9. The Morgan fingerprint density at radius 3 is 2.03 bits per heavy atom. The zero-order valence-corrected chi connectivity index (χ0v) is 22.7. The Balaban J connectivity index is 1.54. The molecule has 182 valence electrons. The van der Waals surface area contributed by atoms with Crippen molar-refractivity contribution in [3.63, 3.8) is 0 Å². The fourth-order valence-electron chi connectivity index (χ4n) is 5.17. The highest BCUT2D eigenvalue weighted by atomic mass is 32.2. The summed E-state index contributed by atoms with van der Waals surface area (Å²) in [6.45, 7) is 11.3. The average molecular weight is 497 g/mol. The number of carbonyl (C=O) groups excluding carboxylic acids is 1. The van der Waals surface area contributed by atoms with Gasteiger partial charge in [-0.15, -0.1) is 0 Å². The minimum atomic E-state index is -2.54. The van der Waals surface area contributed by atoms with Gasteiger partial charge in [0.05, 0.1) is 31.8 Å². The fraction of sp³-hybridized carbons (Fsp3) is 0.481. The standard InChI is InChI=1S/C27H37N3O2SSi/c1-21(31)33-20-23-16-18-30-17-15-22(28-26(30)29-23)19-32-34(27(2,3)4,24-11-7-5-8-12-24)25-13-9-6-10-14-25/h5-14,22-23H,15-20H2,1-4H3,(H,28,29)/p+1/t22-,23-/m1/s1. The smallest absolute Gasteiger partial charge is 0.346 e. The number of hydrogen-bond donors (Lipinski definition) is 2. The number of nitrogens with one attached hydrogen (secondary N) is 2. The number of carbonyl (C=O) groups is 1. The van der Waals surface area contributed by atoms with Crippen LogP contribution in [-0.4, -0.2) is 61.5 Å². The Kier molecular flexibility index (Phi) is 7.85. The predicted molar refractivity (Wildman–Crippen MR) is 145 cm³/mol. The Hall–Kier alpha value is -2.09. The Bertz CT molecular complexity index is 968. The van der Waals surface area contributed by atoms with Gasteiger partial charge < -0.3 is 4.43 Å². The van der Waals surface area contributed by atoms with Gasteiger partial charge in [-0.25, -0.2) is 0 Å². The Morgan fingerprint density at radius 1 is 0.971 bits per heavy atom. The number of benzene rings is 2. The molecule has 0 unspecified atom stereocenters. The van der Waals surface area contributed by atoms with Crippen LogP contribution in [0.25, 0.3) is 0 Å². The molecule has 0 radical (unpaired) electrons. The number of thioether (sulfide) groups is 1. The maximum atomic E-state index is 11.4. The van der Waals surface area contributed by atoms with Gasteiger partial charge in [0.25, 0.3) is 8.32 Å². The van der Waals surface area contributed by atoms with Gasteiger partial charge in [-0.2, -0.15) is 0 Å². The summed E-state index contributed by atoms with van der Waals surface area (Å²) in [5.74, 6) is 1.92. The molecule has 0 fully saturated rings. The van der Waals surface area contributed by atoms with Gasteiger partial charge in [-0.3, -0.25) is 20.0 Å². The van der Waals surface area contributed by atoms with Crippen molar-refractivity contribution in [2.45, 2.75) is 57.7 Å². The minimum absolute atomic E-state index is 0.0261. The summed E-state index contributed by atoms with van der Waals surface area (Å²) in [5.41, 5.74) is 0. The van der Waals surface area contributed by atoms with E-state index in [1.165, 1.54) is 22.1 Å². The molecule has 2 N–H and O–H groups in total. The first-order valence-corrected chi connectivity index (χ1v) is 15.2. The third-order valence-corrected chi connectivity index (χ3v) is 12.9. The van der Waals surface area contributed by atoms with Gasteiger partial charge in [0.15, 0.2) is 5.12 Å². The Labute approximate surface area is 209 Å². The summed E-state index contributed by atoms with van der Waals surface area (Å²) in [4.78, 5) is 11.4. The molecule has 2 heterocycles. The van der Waals surface area contributed by atoms with E-state index in [1.54, 1.807) is 6.92 Å². The van der Waals surface area contributed by atoms with Crippen LogP contribution in [0.1, 0.15) is 40.5 Å². The molecule has 2 aliphatic heterocycles. The molecule has 0 saturated carbocycles. The van der Waals surface area contributed by atoms with Crippen LogP contribution in [0.3, 0.4) is 0 Å². The number of guanidine groups is 1. The highest BCUT2D eigenvalue weighted by Gasteiger charge is 2.50. The van der Waals surface area contributed by atoms with Gasteiger partial charge in [-0.05, 0) is 15.4 Å². The van der Waals surface area contributed by atoms with E-state index in [0.29, 0.717) is 12.6 Å². The highest BCUT2D eigenvalue weighted by molar-refractivity contribution is 8.13. The molecule has 0 spiro atoms. The summed E-state index contributed by atoms with van der Waals surface area (Å²) in [5, 5.41) is 10.2. The first-order chi connectivity index (χ1) is 16.3. The normalized spacial score (nSPS) is 20.8. The van der Waals surface area contributed by atoms with Crippen LogP contribution < -0.4 is 21.0 Å². The molecular weight excluding hydrogens is 458 g/mol. The van der Waals surface area contributed by atoms with Crippen molar-refractivity contribution in [3.8, 4) is 0 Å². The topological polar surface area (TPSA) is 53.4 Å². The summed E-state index contributed by atoms with van der Waals surface area (Å²) < 4.78 is 9.56. The molecule has 2 aromatic rings. The van der Waals surface area contributed by atoms with Crippen LogP contribution in [-0.2, 0) is 9.22 Å². The third kappa shape index (κ3) is 5.42. The summed E-state index contributed by atoms with van der Waals surface area (Å²) >= 11 is 1.41. The third-order valence-electron chi connectivity index (χ3n) is 6.90. The lowest BCUT2D eigenvalue weighted by Crippen LogP contribution is -2.68. The van der Waals surface area contributed by atoms with Gasteiger partial charge in [-0.1, -0.05) is 93.2 Å². The van der Waals surface area contributed by atoms with Gasteiger partial charge in [0.1, 0.15) is 0 Å². The molecule has 7 heteroatoms. The number of hydrogen-bond acceptors (Lipinski definition) is 5. The van der Waals surface area contributed by atoms with Gasteiger partial charge >= 0.3 is 5.96 Å². The maximum Gasteiger partial charge on any atom is 0.346 e. The first-order valence-electron chi connectivity index (χ1n) is 12.3. The summed E-state index contributed by atoms with van der Waals surface area (Å²) in [6.07, 6.45) is 2.12. The molecule has 5 nitrogen and oxygen atoms in total. The van der Waals surface area contributed by atoms with Crippen LogP contribution in [0.4, 0.5) is 0 Å². The van der Waals surface area contributed by atoms with Crippen LogP contribution in [0.2, 0.25) is 5.04 Å². The van der Waals surface area contributed by atoms with E-state index in [0.717, 1.165) is 37.6 Å². The molecule has 0 bridgehead atoms. The molecule has 2 aliphatic rings. The lowest BCUT2D eigenvalue weighted by Gasteiger charge is -2.44. The van der Waals surface area contributed by atoms with E-state index >= 15 is 0 Å². The van der Waals surface area contributed by atoms with E-state index < -0.39 is 8.32 Å². The molecule has 2 atom stereocenters.